The third-order valence-corrected chi connectivity index (χ3v) is 5.30. The van der Waals surface area contributed by atoms with Crippen molar-refractivity contribution in [3.63, 3.8) is 0 Å². The number of nitrogens with one attached hydrogen (secondary N) is 1. The van der Waals surface area contributed by atoms with Gasteiger partial charge in [-0.3, -0.25) is 9.71 Å². The predicted molar refractivity (Wildman–Crippen MR) is 99.1 cm³/mol. The van der Waals surface area contributed by atoms with E-state index in [0.717, 1.165) is 18.2 Å². The molecule has 0 radical (unpaired) electrons. The Bertz CT molecular complexity index is 760. The normalized spacial score (nSPS) is 11.6. The highest BCUT2D eigenvalue weighted by Gasteiger charge is 2.14. The van der Waals surface area contributed by atoms with Crippen molar-refractivity contribution >= 4 is 26.6 Å². The fourth-order valence-corrected chi connectivity index (χ4v) is 3.83. The number of sulfonamides is 1. The van der Waals surface area contributed by atoms with Gasteiger partial charge in [-0.2, -0.15) is 0 Å². The summed E-state index contributed by atoms with van der Waals surface area (Å²) in [6.07, 6.45) is 7.94. The standard InChI is InChI=1S/C18H26N2O3S/c1-3-4-5-6-7-8-12-24(21,22)20-17-14-16(23-2)13-15-10-9-11-19-18(15)17/h9-11,13-14,20H,3-8,12H2,1-2H3. The molecule has 24 heavy (non-hydrogen) atoms. The molecule has 0 fully saturated rings. The number of nitrogens with zero attached hydrogens (tertiary/aromatic N) is 1. The minimum atomic E-state index is -3.39. The summed E-state index contributed by atoms with van der Waals surface area (Å²) in [5.74, 6) is 0.734. The molecule has 2 rings (SSSR count). The molecule has 0 saturated heterocycles. The van der Waals surface area contributed by atoms with Gasteiger partial charge in [0.05, 0.1) is 24.1 Å². The van der Waals surface area contributed by atoms with Crippen LogP contribution in [0, 0.1) is 0 Å². The third kappa shape index (κ3) is 5.37. The lowest BCUT2D eigenvalue weighted by atomic mass is 10.1. The number of methoxy groups -OCH3 is 1. The number of aromatic nitrogens is 1. The summed E-state index contributed by atoms with van der Waals surface area (Å²) in [5.41, 5.74) is 1.10. The predicted octanol–water partition coefficient (Wildman–Crippen LogP) is 4.35. The topological polar surface area (TPSA) is 68.3 Å². The number of hydrogen-bond donors (Lipinski definition) is 1. The first-order valence-electron chi connectivity index (χ1n) is 8.49. The SMILES string of the molecule is CCCCCCCCS(=O)(=O)Nc1cc(OC)cc2cccnc12. The van der Waals surface area contributed by atoms with Crippen molar-refractivity contribution in [3.8, 4) is 5.75 Å². The fraction of sp³-hybridized carbons (Fsp3) is 0.500. The molecule has 0 aliphatic rings. The van der Waals surface area contributed by atoms with Crippen LogP contribution in [0.15, 0.2) is 30.5 Å². The molecule has 0 atom stereocenters. The Hall–Kier alpha value is -1.82. The van der Waals surface area contributed by atoms with E-state index in [1.807, 2.05) is 18.2 Å². The van der Waals surface area contributed by atoms with Crippen LogP contribution in [0.25, 0.3) is 10.9 Å². The molecule has 1 aromatic heterocycles. The highest BCUT2D eigenvalue weighted by Crippen LogP contribution is 2.28. The number of pyridine rings is 1. The van der Waals surface area contributed by atoms with Crippen LogP contribution in [0.2, 0.25) is 0 Å². The van der Waals surface area contributed by atoms with Crippen molar-refractivity contribution in [3.05, 3.63) is 30.5 Å². The van der Waals surface area contributed by atoms with Gasteiger partial charge in [0.25, 0.3) is 0 Å². The van der Waals surface area contributed by atoms with Crippen molar-refractivity contribution in [2.24, 2.45) is 0 Å². The number of unbranched alkanes of at least 4 members (excludes halogenated alkanes) is 5. The van der Waals surface area contributed by atoms with E-state index in [0.29, 0.717) is 23.4 Å². The van der Waals surface area contributed by atoms with E-state index in [9.17, 15) is 8.42 Å². The van der Waals surface area contributed by atoms with Gasteiger partial charge in [0, 0.05) is 17.6 Å². The molecule has 2 aromatic rings. The van der Waals surface area contributed by atoms with Crippen LogP contribution < -0.4 is 9.46 Å². The van der Waals surface area contributed by atoms with Gasteiger partial charge in [0.2, 0.25) is 10.0 Å². The Labute approximate surface area is 144 Å². The van der Waals surface area contributed by atoms with Crippen molar-refractivity contribution in [1.29, 1.82) is 0 Å². The highest BCUT2D eigenvalue weighted by molar-refractivity contribution is 7.92. The average molecular weight is 350 g/mol. The summed E-state index contributed by atoms with van der Waals surface area (Å²) in [6, 6.07) is 7.22. The van der Waals surface area contributed by atoms with Crippen LogP contribution in [-0.4, -0.2) is 26.3 Å². The van der Waals surface area contributed by atoms with E-state index in [-0.39, 0.29) is 5.75 Å². The van der Waals surface area contributed by atoms with Gasteiger partial charge < -0.3 is 4.74 Å². The van der Waals surface area contributed by atoms with Gasteiger partial charge in [0.15, 0.2) is 0 Å². The first kappa shape index (κ1) is 18.5. The Morgan fingerprint density at radius 1 is 1.12 bits per heavy atom. The fourth-order valence-electron chi connectivity index (χ4n) is 2.65. The Morgan fingerprint density at radius 3 is 2.62 bits per heavy atom. The van der Waals surface area contributed by atoms with Crippen molar-refractivity contribution in [2.75, 3.05) is 17.6 Å². The second-order valence-corrected chi connectivity index (χ2v) is 7.78. The Balaban J connectivity index is 2.05. The number of hydrogen-bond acceptors (Lipinski definition) is 4. The molecule has 1 N–H and O–H groups in total. The van der Waals surface area contributed by atoms with Gasteiger partial charge in [0.1, 0.15) is 5.75 Å². The molecule has 0 aliphatic carbocycles. The largest absolute Gasteiger partial charge is 0.497 e. The molecular formula is C18H26N2O3S. The van der Waals surface area contributed by atoms with Crippen LogP contribution in [-0.2, 0) is 10.0 Å². The maximum Gasteiger partial charge on any atom is 0.232 e. The zero-order chi connectivity index (χ0) is 17.4. The second kappa shape index (κ2) is 8.87. The smallest absolute Gasteiger partial charge is 0.232 e. The molecule has 1 aromatic carbocycles. The monoisotopic (exact) mass is 350 g/mol. The minimum absolute atomic E-state index is 0.130. The molecular weight excluding hydrogens is 324 g/mol. The third-order valence-electron chi connectivity index (χ3n) is 3.95. The van der Waals surface area contributed by atoms with Crippen molar-refractivity contribution < 1.29 is 13.2 Å². The molecule has 6 heteroatoms. The number of ether oxygens (including phenoxy) is 1. The number of rotatable bonds is 10. The quantitative estimate of drug-likeness (QED) is 0.647. The lowest BCUT2D eigenvalue weighted by Gasteiger charge is -2.12. The summed E-state index contributed by atoms with van der Waals surface area (Å²) in [6.45, 7) is 2.17. The van der Waals surface area contributed by atoms with E-state index in [1.54, 1.807) is 19.4 Å². The van der Waals surface area contributed by atoms with Crippen LogP contribution in [0.5, 0.6) is 5.75 Å². The molecule has 1 heterocycles. The van der Waals surface area contributed by atoms with Crippen LogP contribution in [0.4, 0.5) is 5.69 Å². The van der Waals surface area contributed by atoms with Crippen LogP contribution >= 0.6 is 0 Å². The molecule has 132 valence electrons. The molecule has 0 unspecified atom stereocenters. The maximum absolute atomic E-state index is 12.4. The summed E-state index contributed by atoms with van der Waals surface area (Å²) < 4.78 is 32.6. The maximum atomic E-state index is 12.4. The number of benzene rings is 1. The summed E-state index contributed by atoms with van der Waals surface area (Å²) in [7, 11) is -1.83. The van der Waals surface area contributed by atoms with E-state index in [2.05, 4.69) is 16.6 Å². The highest BCUT2D eigenvalue weighted by atomic mass is 32.2. The molecule has 0 saturated carbocycles. The lowest BCUT2D eigenvalue weighted by molar-refractivity contribution is 0.415. The molecule has 0 amide bonds. The number of fused-ring (bicyclic) bond motifs is 1. The zero-order valence-corrected chi connectivity index (χ0v) is 15.2. The summed E-state index contributed by atoms with van der Waals surface area (Å²) in [4.78, 5) is 4.29. The van der Waals surface area contributed by atoms with Crippen LogP contribution in [0.3, 0.4) is 0 Å². The molecule has 0 aliphatic heterocycles. The van der Waals surface area contributed by atoms with Gasteiger partial charge in [-0.05, 0) is 18.6 Å². The number of anilines is 1. The van der Waals surface area contributed by atoms with Gasteiger partial charge in [-0.15, -0.1) is 0 Å². The minimum Gasteiger partial charge on any atom is -0.497 e. The van der Waals surface area contributed by atoms with Crippen molar-refractivity contribution in [2.45, 2.75) is 45.4 Å². The van der Waals surface area contributed by atoms with E-state index in [1.165, 1.54) is 19.3 Å². The van der Waals surface area contributed by atoms with Gasteiger partial charge in [-0.25, -0.2) is 8.42 Å². The van der Waals surface area contributed by atoms with Gasteiger partial charge in [-0.1, -0.05) is 45.1 Å². The summed E-state index contributed by atoms with van der Waals surface area (Å²) >= 11 is 0. The zero-order valence-electron chi connectivity index (χ0n) is 14.4. The van der Waals surface area contributed by atoms with Crippen LogP contribution in [0.1, 0.15) is 45.4 Å². The molecule has 0 bridgehead atoms. The Morgan fingerprint density at radius 2 is 1.88 bits per heavy atom. The molecule has 5 nitrogen and oxygen atoms in total. The van der Waals surface area contributed by atoms with Gasteiger partial charge >= 0.3 is 0 Å². The summed E-state index contributed by atoms with van der Waals surface area (Å²) in [5, 5.41) is 0.842. The molecule has 0 spiro atoms. The second-order valence-electron chi connectivity index (χ2n) is 5.94. The Kier molecular flexibility index (Phi) is 6.85. The van der Waals surface area contributed by atoms with Crippen molar-refractivity contribution in [1.82, 2.24) is 4.98 Å². The lowest BCUT2D eigenvalue weighted by Crippen LogP contribution is -2.17. The first-order valence-corrected chi connectivity index (χ1v) is 10.1. The average Bonchev–Trinajstić information content (AvgIpc) is 2.57. The van der Waals surface area contributed by atoms with E-state index >= 15 is 0 Å². The first-order chi connectivity index (χ1) is 11.6. The van der Waals surface area contributed by atoms with E-state index < -0.39 is 10.0 Å². The van der Waals surface area contributed by atoms with E-state index in [4.69, 9.17) is 4.74 Å².